The van der Waals surface area contributed by atoms with Crippen molar-refractivity contribution in [3.8, 4) is 0 Å². The molecule has 0 aliphatic rings. The fraction of sp³-hybridized carbons (Fsp3) is 0.939. The number of rotatable bonds is 42. The van der Waals surface area contributed by atoms with Gasteiger partial charge in [-0.3, -0.25) is 0 Å². The molecule has 0 radical (unpaired) electrons. The average Bonchev–Trinajstić information content (AvgIpc) is 3.63. The lowest BCUT2D eigenvalue weighted by Gasteiger charge is -2.22. The molecule has 0 saturated carbocycles. The van der Waals surface area contributed by atoms with Crippen LogP contribution >= 0.6 is 0 Å². The van der Waals surface area contributed by atoms with Crippen LogP contribution in [-0.2, 0) is 0 Å². The van der Waals surface area contributed by atoms with E-state index in [1.54, 1.807) is 0 Å². The van der Waals surface area contributed by atoms with Crippen molar-refractivity contribution in [3.05, 3.63) is 18.2 Å². The van der Waals surface area contributed by atoms with Crippen LogP contribution in [0.3, 0.4) is 0 Å². The Morgan fingerprint density at radius 3 is 0.922 bits per heavy atom. The molecule has 2 nitrogen and oxygen atoms in total. The van der Waals surface area contributed by atoms with Gasteiger partial charge in [0, 0.05) is 24.4 Å². The van der Waals surface area contributed by atoms with Crippen molar-refractivity contribution in [2.75, 3.05) is 0 Å². The van der Waals surface area contributed by atoms with Gasteiger partial charge in [-0.15, -0.1) is 0 Å². The topological polar surface area (TPSA) is 17.8 Å². The Hall–Kier alpha value is -0.790. The van der Waals surface area contributed by atoms with Gasteiger partial charge in [0.1, 0.15) is 5.82 Å². The van der Waals surface area contributed by atoms with E-state index in [-0.39, 0.29) is 0 Å². The van der Waals surface area contributed by atoms with E-state index in [4.69, 9.17) is 4.98 Å². The third kappa shape index (κ3) is 30.3. The highest BCUT2D eigenvalue weighted by atomic mass is 15.1. The smallest absolute Gasteiger partial charge is 0.111 e. The standard InChI is InChI=1S/C49H96N2/c1-5-8-11-14-17-20-22-24-25-26-27-29-32-35-38-41-44-48(43-40-37-34-30-19-16-13-10-7-3)49-50-45-46-51(49)47(4)42-39-36-33-31-28-23-21-18-15-12-9-6-2/h45-48H,5-44H2,1-4H3. The minimum Gasteiger partial charge on any atom is -0.332 e. The Balaban J connectivity index is 2.34. The zero-order valence-corrected chi connectivity index (χ0v) is 36.0. The molecular weight excluding hydrogens is 617 g/mol. The number of unbranched alkanes of at least 4 members (excludes halogenated alkanes) is 34. The maximum Gasteiger partial charge on any atom is 0.111 e. The van der Waals surface area contributed by atoms with Gasteiger partial charge < -0.3 is 4.57 Å². The summed E-state index contributed by atoms with van der Waals surface area (Å²) in [6.07, 6.45) is 61.6. The normalized spacial score (nSPS) is 12.9. The first-order valence-corrected chi connectivity index (χ1v) is 24.3. The molecule has 0 spiro atoms. The molecule has 0 aliphatic heterocycles. The van der Waals surface area contributed by atoms with Crippen molar-refractivity contribution < 1.29 is 0 Å². The third-order valence-corrected chi connectivity index (χ3v) is 12.1. The first-order valence-electron chi connectivity index (χ1n) is 24.3. The van der Waals surface area contributed by atoms with E-state index in [2.05, 4.69) is 44.7 Å². The predicted octanol–water partition coefficient (Wildman–Crippen LogP) is 18.2. The maximum absolute atomic E-state index is 5.06. The van der Waals surface area contributed by atoms with Gasteiger partial charge in [-0.05, 0) is 26.2 Å². The van der Waals surface area contributed by atoms with Crippen LogP contribution in [0.1, 0.15) is 302 Å². The molecular formula is C49H96N2. The molecule has 2 heteroatoms. The lowest BCUT2D eigenvalue weighted by Crippen LogP contribution is -2.13. The number of hydrogen-bond acceptors (Lipinski definition) is 1. The molecule has 0 bridgehead atoms. The van der Waals surface area contributed by atoms with Gasteiger partial charge >= 0.3 is 0 Å². The Kier molecular flexibility index (Phi) is 36.8. The van der Waals surface area contributed by atoms with Gasteiger partial charge in [0.05, 0.1) is 0 Å². The van der Waals surface area contributed by atoms with Crippen molar-refractivity contribution in [2.24, 2.45) is 0 Å². The molecule has 1 aromatic heterocycles. The molecule has 2 unspecified atom stereocenters. The van der Waals surface area contributed by atoms with E-state index in [1.807, 2.05) is 0 Å². The second-order valence-electron chi connectivity index (χ2n) is 17.1. The van der Waals surface area contributed by atoms with E-state index in [1.165, 1.54) is 263 Å². The molecule has 302 valence electrons. The minimum atomic E-state index is 0.585. The summed E-state index contributed by atoms with van der Waals surface area (Å²) in [6, 6.07) is 0.585. The average molecular weight is 713 g/mol. The second kappa shape index (κ2) is 38.9. The highest BCUT2D eigenvalue weighted by molar-refractivity contribution is 5.02. The van der Waals surface area contributed by atoms with Crippen LogP contribution < -0.4 is 0 Å². The summed E-state index contributed by atoms with van der Waals surface area (Å²) >= 11 is 0. The van der Waals surface area contributed by atoms with Crippen molar-refractivity contribution in [1.29, 1.82) is 0 Å². The van der Waals surface area contributed by atoms with Crippen LogP contribution in [0.5, 0.6) is 0 Å². The molecule has 0 aliphatic carbocycles. The lowest BCUT2D eigenvalue weighted by atomic mass is 9.92. The Labute approximate surface area is 323 Å². The van der Waals surface area contributed by atoms with Crippen LogP contribution in [0.15, 0.2) is 12.4 Å². The van der Waals surface area contributed by atoms with Gasteiger partial charge in [0.25, 0.3) is 0 Å². The molecule has 1 aromatic rings. The van der Waals surface area contributed by atoms with Crippen molar-refractivity contribution in [3.63, 3.8) is 0 Å². The summed E-state index contributed by atoms with van der Waals surface area (Å²) in [5.41, 5.74) is 0. The van der Waals surface area contributed by atoms with Crippen LogP contribution in [-0.4, -0.2) is 9.55 Å². The van der Waals surface area contributed by atoms with E-state index < -0.39 is 0 Å². The zero-order valence-electron chi connectivity index (χ0n) is 36.0. The van der Waals surface area contributed by atoms with Crippen LogP contribution in [0.4, 0.5) is 0 Å². The van der Waals surface area contributed by atoms with E-state index in [9.17, 15) is 0 Å². The van der Waals surface area contributed by atoms with Crippen molar-refractivity contribution in [2.45, 2.75) is 296 Å². The zero-order chi connectivity index (χ0) is 36.7. The van der Waals surface area contributed by atoms with Gasteiger partial charge in [0.15, 0.2) is 0 Å². The van der Waals surface area contributed by atoms with Crippen LogP contribution in [0, 0.1) is 0 Å². The van der Waals surface area contributed by atoms with Gasteiger partial charge in [-0.1, -0.05) is 258 Å². The Morgan fingerprint density at radius 2 is 0.627 bits per heavy atom. The molecule has 0 saturated heterocycles. The summed E-state index contributed by atoms with van der Waals surface area (Å²) in [5.74, 6) is 2.07. The fourth-order valence-corrected chi connectivity index (χ4v) is 8.48. The first kappa shape index (κ1) is 48.2. The summed E-state index contributed by atoms with van der Waals surface area (Å²) in [7, 11) is 0. The highest BCUT2D eigenvalue weighted by Gasteiger charge is 2.19. The summed E-state index contributed by atoms with van der Waals surface area (Å²) in [6.45, 7) is 9.42. The van der Waals surface area contributed by atoms with Crippen molar-refractivity contribution in [1.82, 2.24) is 9.55 Å². The molecule has 0 amide bonds. The largest absolute Gasteiger partial charge is 0.332 e. The molecule has 1 rings (SSSR count). The summed E-state index contributed by atoms with van der Waals surface area (Å²) in [4.78, 5) is 5.06. The van der Waals surface area contributed by atoms with E-state index >= 15 is 0 Å². The number of hydrogen-bond donors (Lipinski definition) is 0. The number of aromatic nitrogens is 2. The molecule has 0 aromatic carbocycles. The Bertz CT molecular complexity index is 783. The number of imidazole rings is 1. The molecule has 2 atom stereocenters. The predicted molar refractivity (Wildman–Crippen MR) is 231 cm³/mol. The fourth-order valence-electron chi connectivity index (χ4n) is 8.48. The Morgan fingerprint density at radius 1 is 0.373 bits per heavy atom. The van der Waals surface area contributed by atoms with Gasteiger partial charge in [-0.2, -0.15) is 0 Å². The van der Waals surface area contributed by atoms with E-state index in [0.29, 0.717) is 12.0 Å². The van der Waals surface area contributed by atoms with Crippen molar-refractivity contribution >= 4 is 0 Å². The molecule has 0 N–H and O–H groups in total. The lowest BCUT2D eigenvalue weighted by molar-refractivity contribution is 0.412. The molecule has 0 fully saturated rings. The highest BCUT2D eigenvalue weighted by Crippen LogP contribution is 2.31. The first-order chi connectivity index (χ1) is 25.2. The van der Waals surface area contributed by atoms with Gasteiger partial charge in [-0.25, -0.2) is 4.98 Å². The quantitative estimate of drug-likeness (QED) is 0.0617. The number of nitrogens with zero attached hydrogens (tertiary/aromatic N) is 2. The minimum absolute atomic E-state index is 0.585. The summed E-state index contributed by atoms with van der Waals surface area (Å²) < 4.78 is 2.60. The van der Waals surface area contributed by atoms with E-state index in [0.717, 1.165) is 0 Å². The SMILES string of the molecule is CCCCCCCCCCCCCCCCCCC(CCCCCCCCCCC)c1nccn1C(C)CCCCCCCCCCCCCC. The summed E-state index contributed by atoms with van der Waals surface area (Å²) in [5, 5.41) is 0. The monoisotopic (exact) mass is 713 g/mol. The third-order valence-electron chi connectivity index (χ3n) is 12.1. The maximum atomic E-state index is 5.06. The molecule has 1 heterocycles. The molecule has 51 heavy (non-hydrogen) atoms. The van der Waals surface area contributed by atoms with Gasteiger partial charge in [0.2, 0.25) is 0 Å². The van der Waals surface area contributed by atoms with Crippen LogP contribution in [0.25, 0.3) is 0 Å². The van der Waals surface area contributed by atoms with Crippen LogP contribution in [0.2, 0.25) is 0 Å². The second-order valence-corrected chi connectivity index (χ2v) is 17.1.